The first-order valence-corrected chi connectivity index (χ1v) is 8.33. The van der Waals surface area contributed by atoms with Crippen molar-refractivity contribution in [2.75, 3.05) is 49.5 Å². The van der Waals surface area contributed by atoms with Gasteiger partial charge in [-0.2, -0.15) is 0 Å². The van der Waals surface area contributed by atoms with Gasteiger partial charge in [0.05, 0.1) is 12.8 Å². The molecule has 0 aromatic carbocycles. The first kappa shape index (κ1) is 16.6. The number of nitrogens with one attached hydrogen (secondary N) is 1. The maximum atomic E-state index is 10.9. The Balaban J connectivity index is 1.65. The van der Waals surface area contributed by atoms with Crippen molar-refractivity contribution in [1.29, 1.82) is 0 Å². The minimum atomic E-state index is -0.996. The molecule has 9 nitrogen and oxygen atoms in total. The maximum Gasteiger partial charge on any atom is 0.347 e. The van der Waals surface area contributed by atoms with Crippen LogP contribution in [0.3, 0.4) is 0 Å². The van der Waals surface area contributed by atoms with Crippen molar-refractivity contribution < 1.29 is 15.0 Å². The Morgan fingerprint density at radius 3 is 2.71 bits per heavy atom. The molecule has 0 saturated carbocycles. The summed E-state index contributed by atoms with van der Waals surface area (Å²) >= 11 is 1.06. The van der Waals surface area contributed by atoms with E-state index in [0.29, 0.717) is 17.5 Å². The summed E-state index contributed by atoms with van der Waals surface area (Å²) in [4.78, 5) is 27.9. The third-order valence-corrected chi connectivity index (χ3v) is 4.62. The molecule has 24 heavy (non-hydrogen) atoms. The van der Waals surface area contributed by atoms with E-state index in [9.17, 15) is 4.79 Å². The molecule has 0 unspecified atom stereocenters. The molecule has 1 aliphatic rings. The highest BCUT2D eigenvalue weighted by molar-refractivity contribution is 7.17. The number of hydrogen-bond acceptors (Lipinski definition) is 9. The fourth-order valence-corrected chi connectivity index (χ4v) is 3.13. The second-order valence-corrected chi connectivity index (χ2v) is 6.30. The number of aromatic nitrogens is 3. The van der Waals surface area contributed by atoms with Gasteiger partial charge in [-0.1, -0.05) is 11.3 Å². The average molecular weight is 350 g/mol. The number of anilines is 3. The van der Waals surface area contributed by atoms with E-state index in [-0.39, 0.29) is 11.5 Å². The van der Waals surface area contributed by atoms with E-state index in [1.165, 1.54) is 12.5 Å². The highest BCUT2D eigenvalue weighted by atomic mass is 32.1. The SMILES string of the molecule is O=C(O)c1cnc(Nc2cc(N3CCN(CCO)CC3)ncn2)s1. The Bertz CT molecular complexity index is 701. The van der Waals surface area contributed by atoms with Crippen molar-refractivity contribution in [2.24, 2.45) is 0 Å². The lowest BCUT2D eigenvalue weighted by molar-refractivity contribution is 0.0702. The quantitative estimate of drug-likeness (QED) is 0.684. The molecule has 0 radical (unpaired) electrons. The predicted octanol–water partition coefficient (Wildman–Crippen LogP) is 0.489. The number of nitrogens with zero attached hydrogens (tertiary/aromatic N) is 5. The Hall–Kier alpha value is -2.30. The van der Waals surface area contributed by atoms with Crippen molar-refractivity contribution in [1.82, 2.24) is 19.9 Å². The fourth-order valence-electron chi connectivity index (χ4n) is 2.47. The van der Waals surface area contributed by atoms with E-state index in [2.05, 4.69) is 30.1 Å². The van der Waals surface area contributed by atoms with Crippen LogP contribution in [0.5, 0.6) is 0 Å². The summed E-state index contributed by atoms with van der Waals surface area (Å²) in [5, 5.41) is 21.4. The van der Waals surface area contributed by atoms with Gasteiger partial charge in [0.15, 0.2) is 5.13 Å². The Morgan fingerprint density at radius 2 is 2.04 bits per heavy atom. The Morgan fingerprint density at radius 1 is 1.25 bits per heavy atom. The topological polar surface area (TPSA) is 115 Å². The molecule has 1 aliphatic heterocycles. The zero-order valence-electron chi connectivity index (χ0n) is 12.9. The van der Waals surface area contributed by atoms with Crippen LogP contribution in [0.15, 0.2) is 18.6 Å². The van der Waals surface area contributed by atoms with Gasteiger partial charge in [-0.25, -0.2) is 19.7 Å². The zero-order valence-corrected chi connectivity index (χ0v) is 13.7. The predicted molar refractivity (Wildman–Crippen MR) is 90.1 cm³/mol. The van der Waals surface area contributed by atoms with E-state index < -0.39 is 5.97 Å². The molecule has 3 heterocycles. The van der Waals surface area contributed by atoms with Gasteiger partial charge in [0.25, 0.3) is 0 Å². The molecule has 0 spiro atoms. The molecule has 1 saturated heterocycles. The second-order valence-electron chi connectivity index (χ2n) is 5.27. The summed E-state index contributed by atoms with van der Waals surface area (Å²) in [6.07, 6.45) is 2.79. The van der Waals surface area contributed by atoms with Gasteiger partial charge in [0.1, 0.15) is 22.8 Å². The van der Waals surface area contributed by atoms with Crippen molar-refractivity contribution in [3.05, 3.63) is 23.5 Å². The minimum absolute atomic E-state index is 0.173. The summed E-state index contributed by atoms with van der Waals surface area (Å²) in [5.74, 6) is 0.389. The molecule has 1 fully saturated rings. The molecule has 10 heteroatoms. The zero-order chi connectivity index (χ0) is 16.9. The number of aliphatic hydroxyl groups excluding tert-OH is 1. The third kappa shape index (κ3) is 3.96. The highest BCUT2D eigenvalue weighted by Crippen LogP contribution is 2.23. The first-order chi connectivity index (χ1) is 11.7. The number of carbonyl (C=O) groups is 1. The number of aromatic carboxylic acids is 1. The normalized spacial score (nSPS) is 15.5. The number of piperazine rings is 1. The van der Waals surface area contributed by atoms with Gasteiger partial charge < -0.3 is 20.4 Å². The van der Waals surface area contributed by atoms with Crippen molar-refractivity contribution in [2.45, 2.75) is 0 Å². The number of aliphatic hydroxyl groups is 1. The fraction of sp³-hybridized carbons (Fsp3) is 0.429. The molecular formula is C14H18N6O3S. The number of β-amino-alcohol motifs (C(OH)–C–C–N with tert-alkyl or cyclic N) is 1. The second kappa shape index (κ2) is 7.51. The van der Waals surface area contributed by atoms with E-state index in [0.717, 1.165) is 43.3 Å². The number of carboxylic acid groups (broad SMARTS) is 1. The third-order valence-electron chi connectivity index (χ3n) is 3.72. The van der Waals surface area contributed by atoms with Crippen molar-refractivity contribution in [3.8, 4) is 0 Å². The summed E-state index contributed by atoms with van der Waals surface area (Å²) in [6.45, 7) is 4.28. The van der Waals surface area contributed by atoms with Gasteiger partial charge in [0, 0.05) is 38.8 Å². The van der Waals surface area contributed by atoms with Gasteiger partial charge in [-0.15, -0.1) is 0 Å². The molecule has 2 aromatic rings. The molecule has 3 N–H and O–H groups in total. The number of rotatable bonds is 6. The van der Waals surface area contributed by atoms with Crippen LogP contribution in [0.25, 0.3) is 0 Å². The van der Waals surface area contributed by atoms with Crippen LogP contribution in [0, 0.1) is 0 Å². The van der Waals surface area contributed by atoms with Gasteiger partial charge in [-0.05, 0) is 0 Å². The van der Waals surface area contributed by atoms with E-state index in [1.54, 1.807) is 0 Å². The van der Waals surface area contributed by atoms with Crippen LogP contribution >= 0.6 is 11.3 Å². The molecule has 0 aliphatic carbocycles. The summed E-state index contributed by atoms with van der Waals surface area (Å²) < 4.78 is 0. The van der Waals surface area contributed by atoms with Crippen LogP contribution in [-0.2, 0) is 0 Å². The first-order valence-electron chi connectivity index (χ1n) is 7.52. The van der Waals surface area contributed by atoms with E-state index >= 15 is 0 Å². The average Bonchev–Trinajstić information content (AvgIpc) is 3.05. The monoisotopic (exact) mass is 350 g/mol. The lowest BCUT2D eigenvalue weighted by Gasteiger charge is -2.35. The largest absolute Gasteiger partial charge is 0.477 e. The molecule has 2 aromatic heterocycles. The molecule has 128 valence electrons. The lowest BCUT2D eigenvalue weighted by Crippen LogP contribution is -2.47. The van der Waals surface area contributed by atoms with Crippen LogP contribution in [0.1, 0.15) is 9.67 Å². The molecule has 0 amide bonds. The van der Waals surface area contributed by atoms with Crippen molar-refractivity contribution >= 4 is 34.1 Å². The summed E-state index contributed by atoms with van der Waals surface area (Å²) in [7, 11) is 0. The highest BCUT2D eigenvalue weighted by Gasteiger charge is 2.18. The van der Waals surface area contributed by atoms with Gasteiger partial charge in [0.2, 0.25) is 0 Å². The smallest absolute Gasteiger partial charge is 0.347 e. The molecule has 0 bridgehead atoms. The van der Waals surface area contributed by atoms with Gasteiger partial charge >= 0.3 is 5.97 Å². The number of hydrogen-bond donors (Lipinski definition) is 3. The standard InChI is InChI=1S/C14H18N6O3S/c21-6-5-19-1-3-20(4-2-19)12-7-11(16-9-17-12)18-14-15-8-10(24-14)13(22)23/h7-9,21H,1-6H2,(H,22,23)(H,15,16,17,18). The Labute approximate surface area is 142 Å². The van der Waals surface area contributed by atoms with Crippen LogP contribution < -0.4 is 10.2 Å². The van der Waals surface area contributed by atoms with Crippen molar-refractivity contribution in [3.63, 3.8) is 0 Å². The molecular weight excluding hydrogens is 332 g/mol. The van der Waals surface area contributed by atoms with E-state index in [1.807, 2.05) is 6.07 Å². The minimum Gasteiger partial charge on any atom is -0.477 e. The number of thiazole rings is 1. The molecule has 3 rings (SSSR count). The van der Waals surface area contributed by atoms with Crippen LogP contribution in [-0.4, -0.2) is 75.4 Å². The maximum absolute atomic E-state index is 10.9. The lowest BCUT2D eigenvalue weighted by atomic mass is 10.3. The Kier molecular flexibility index (Phi) is 5.18. The van der Waals surface area contributed by atoms with Gasteiger partial charge in [-0.3, -0.25) is 4.90 Å². The van der Waals surface area contributed by atoms with Crippen LogP contribution in [0.2, 0.25) is 0 Å². The number of carboxylic acids is 1. The summed E-state index contributed by atoms with van der Waals surface area (Å²) in [6, 6.07) is 1.82. The molecule has 0 atom stereocenters. The van der Waals surface area contributed by atoms with E-state index in [4.69, 9.17) is 10.2 Å². The summed E-state index contributed by atoms with van der Waals surface area (Å²) in [5.41, 5.74) is 0. The van der Waals surface area contributed by atoms with Crippen LogP contribution in [0.4, 0.5) is 16.8 Å².